The minimum absolute atomic E-state index is 0.140. The van der Waals surface area contributed by atoms with Gasteiger partial charge in [-0.3, -0.25) is 4.79 Å². The molecule has 1 heterocycles. The number of benzene rings is 2. The molecule has 2 aromatic carbocycles. The van der Waals surface area contributed by atoms with Crippen molar-refractivity contribution < 1.29 is 32.5 Å². The van der Waals surface area contributed by atoms with Gasteiger partial charge in [-0.05, 0) is 17.7 Å². The topological polar surface area (TPSA) is 67.8 Å². The first-order chi connectivity index (χ1) is 12.3. The molecule has 0 bridgehead atoms. The highest BCUT2D eigenvalue weighted by atomic mass is 19.4. The normalized spacial score (nSPS) is 18.7. The first kappa shape index (κ1) is 18.1. The van der Waals surface area contributed by atoms with Crippen LogP contribution in [0, 0.1) is 0 Å². The molecule has 2 atom stereocenters. The number of aliphatic hydroxyl groups is 1. The van der Waals surface area contributed by atoms with Crippen LogP contribution in [-0.4, -0.2) is 36.4 Å². The van der Waals surface area contributed by atoms with Gasteiger partial charge in [0.25, 0.3) is 5.91 Å². The van der Waals surface area contributed by atoms with Crippen molar-refractivity contribution >= 4 is 5.91 Å². The lowest BCUT2D eigenvalue weighted by atomic mass is 9.93. The fourth-order valence-corrected chi connectivity index (χ4v) is 2.56. The van der Waals surface area contributed by atoms with Gasteiger partial charge in [0.05, 0.1) is 6.54 Å². The van der Waals surface area contributed by atoms with E-state index in [1.54, 1.807) is 24.3 Å². The number of hydrogen-bond acceptors (Lipinski definition) is 4. The second-order valence-electron chi connectivity index (χ2n) is 5.81. The number of carbonyl (C=O) groups excluding carboxylic acids is 1. The van der Waals surface area contributed by atoms with Crippen LogP contribution in [0.5, 0.6) is 11.5 Å². The SMILES string of the molecule is O=C(NC[C@@](O)(c1ccccc1)C(F)(F)F)[C@H]1COc2ccccc2O1. The van der Waals surface area contributed by atoms with Crippen LogP contribution < -0.4 is 14.8 Å². The first-order valence-electron chi connectivity index (χ1n) is 7.82. The number of halogens is 3. The first-order valence-corrected chi connectivity index (χ1v) is 7.82. The summed E-state index contributed by atoms with van der Waals surface area (Å²) in [5.41, 5.74) is -3.57. The molecule has 0 radical (unpaired) electrons. The summed E-state index contributed by atoms with van der Waals surface area (Å²) >= 11 is 0. The van der Waals surface area contributed by atoms with Gasteiger partial charge in [-0.25, -0.2) is 0 Å². The third kappa shape index (κ3) is 3.45. The van der Waals surface area contributed by atoms with Gasteiger partial charge in [-0.15, -0.1) is 0 Å². The fraction of sp³-hybridized carbons (Fsp3) is 0.278. The lowest BCUT2D eigenvalue weighted by Gasteiger charge is -2.32. The van der Waals surface area contributed by atoms with Crippen molar-refractivity contribution in [3.8, 4) is 11.5 Å². The Bertz CT molecular complexity index is 782. The molecule has 0 saturated carbocycles. The third-order valence-electron chi connectivity index (χ3n) is 4.04. The Labute approximate surface area is 147 Å². The van der Waals surface area contributed by atoms with Crippen molar-refractivity contribution in [1.29, 1.82) is 0 Å². The Kier molecular flexibility index (Phi) is 4.78. The number of carbonyl (C=O) groups is 1. The van der Waals surface area contributed by atoms with E-state index in [0.29, 0.717) is 11.5 Å². The summed E-state index contributed by atoms with van der Waals surface area (Å²) in [6.45, 7) is -1.18. The van der Waals surface area contributed by atoms with E-state index in [-0.39, 0.29) is 12.2 Å². The van der Waals surface area contributed by atoms with E-state index in [4.69, 9.17) is 9.47 Å². The molecule has 2 N–H and O–H groups in total. The van der Waals surface area contributed by atoms with Gasteiger partial charge in [-0.1, -0.05) is 42.5 Å². The van der Waals surface area contributed by atoms with Crippen molar-refractivity contribution in [1.82, 2.24) is 5.32 Å². The maximum Gasteiger partial charge on any atom is 0.423 e. The summed E-state index contributed by atoms with van der Waals surface area (Å²) in [4.78, 5) is 12.2. The number of amides is 1. The molecule has 2 aromatic rings. The molecule has 0 fully saturated rings. The van der Waals surface area contributed by atoms with E-state index >= 15 is 0 Å². The number of ether oxygens (including phenoxy) is 2. The van der Waals surface area contributed by atoms with Gasteiger partial charge < -0.3 is 19.9 Å². The van der Waals surface area contributed by atoms with Gasteiger partial charge in [0.15, 0.2) is 11.5 Å². The van der Waals surface area contributed by atoms with E-state index in [0.717, 1.165) is 12.1 Å². The van der Waals surface area contributed by atoms with Crippen LogP contribution in [-0.2, 0) is 10.4 Å². The van der Waals surface area contributed by atoms with E-state index in [1.807, 2.05) is 0 Å². The monoisotopic (exact) mass is 367 g/mol. The molecule has 8 heteroatoms. The second-order valence-corrected chi connectivity index (χ2v) is 5.81. The van der Waals surface area contributed by atoms with Gasteiger partial charge in [0, 0.05) is 0 Å². The number of rotatable bonds is 4. The van der Waals surface area contributed by atoms with Crippen LogP contribution in [0.1, 0.15) is 5.56 Å². The molecule has 26 heavy (non-hydrogen) atoms. The van der Waals surface area contributed by atoms with Crippen LogP contribution in [0.4, 0.5) is 13.2 Å². The van der Waals surface area contributed by atoms with Crippen molar-refractivity contribution in [2.45, 2.75) is 17.9 Å². The van der Waals surface area contributed by atoms with Crippen molar-refractivity contribution in [2.24, 2.45) is 0 Å². The summed E-state index contributed by atoms with van der Waals surface area (Å²) in [6, 6.07) is 13.2. The van der Waals surface area contributed by atoms with Gasteiger partial charge in [-0.2, -0.15) is 13.2 Å². The van der Waals surface area contributed by atoms with Gasteiger partial charge >= 0.3 is 6.18 Å². The summed E-state index contributed by atoms with van der Waals surface area (Å²) in [7, 11) is 0. The minimum atomic E-state index is -4.97. The highest BCUT2D eigenvalue weighted by Crippen LogP contribution is 2.38. The molecule has 1 aliphatic heterocycles. The average molecular weight is 367 g/mol. The summed E-state index contributed by atoms with van der Waals surface area (Å²) < 4.78 is 51.1. The van der Waals surface area contributed by atoms with E-state index in [9.17, 15) is 23.1 Å². The molecule has 5 nitrogen and oxygen atoms in total. The number of para-hydroxylation sites is 2. The third-order valence-corrected chi connectivity index (χ3v) is 4.04. The molecule has 0 spiro atoms. The molecular formula is C18H16F3NO4. The number of hydrogen-bond donors (Lipinski definition) is 2. The van der Waals surface area contributed by atoms with E-state index in [1.165, 1.54) is 18.2 Å². The minimum Gasteiger partial charge on any atom is -0.485 e. The molecule has 0 aromatic heterocycles. The van der Waals surface area contributed by atoms with Crippen LogP contribution in [0.3, 0.4) is 0 Å². The second kappa shape index (κ2) is 6.87. The largest absolute Gasteiger partial charge is 0.485 e. The zero-order valence-electron chi connectivity index (χ0n) is 13.5. The van der Waals surface area contributed by atoms with Crippen molar-refractivity contribution in [3.05, 3.63) is 60.2 Å². The Hall–Kier alpha value is -2.74. The predicted molar refractivity (Wildman–Crippen MR) is 85.8 cm³/mol. The zero-order chi connectivity index (χ0) is 18.8. The maximum atomic E-state index is 13.4. The van der Waals surface area contributed by atoms with E-state index < -0.39 is 30.3 Å². The lowest BCUT2D eigenvalue weighted by Crippen LogP contribution is -2.54. The molecule has 0 aliphatic carbocycles. The average Bonchev–Trinajstić information content (AvgIpc) is 2.65. The number of nitrogens with one attached hydrogen (secondary N) is 1. The summed E-state index contributed by atoms with van der Waals surface area (Å²) in [5.74, 6) is -0.0289. The highest BCUT2D eigenvalue weighted by molar-refractivity contribution is 5.81. The van der Waals surface area contributed by atoms with Crippen LogP contribution >= 0.6 is 0 Å². The van der Waals surface area contributed by atoms with Crippen molar-refractivity contribution in [2.75, 3.05) is 13.2 Å². The van der Waals surface area contributed by atoms with Crippen molar-refractivity contribution in [3.63, 3.8) is 0 Å². The molecule has 3 rings (SSSR count). The zero-order valence-corrected chi connectivity index (χ0v) is 13.5. The summed E-state index contributed by atoms with van der Waals surface area (Å²) in [5, 5.41) is 12.3. The molecule has 1 amide bonds. The number of alkyl halides is 3. The predicted octanol–water partition coefficient (Wildman–Crippen LogP) is 2.39. The lowest BCUT2D eigenvalue weighted by molar-refractivity contribution is -0.264. The standard InChI is InChI=1S/C18H16F3NO4/c19-18(20,21)17(24,12-6-2-1-3-7-12)11-22-16(23)15-10-25-13-8-4-5-9-14(13)26-15/h1-9,15,24H,10-11H2,(H,22,23)/t15-,17-/m1/s1. The molecule has 0 unspecified atom stereocenters. The van der Waals surface area contributed by atoms with Gasteiger partial charge in [0.1, 0.15) is 6.61 Å². The Morgan fingerprint density at radius 1 is 1.08 bits per heavy atom. The summed E-state index contributed by atoms with van der Waals surface area (Å²) in [6.07, 6.45) is -6.09. The molecular weight excluding hydrogens is 351 g/mol. The smallest absolute Gasteiger partial charge is 0.423 e. The highest BCUT2D eigenvalue weighted by Gasteiger charge is 2.55. The quantitative estimate of drug-likeness (QED) is 0.871. The maximum absolute atomic E-state index is 13.4. The molecule has 0 saturated heterocycles. The van der Waals surface area contributed by atoms with Crippen LogP contribution in [0.15, 0.2) is 54.6 Å². The fourth-order valence-electron chi connectivity index (χ4n) is 2.56. The Morgan fingerprint density at radius 3 is 2.35 bits per heavy atom. The van der Waals surface area contributed by atoms with Gasteiger partial charge in [0.2, 0.25) is 11.7 Å². The van der Waals surface area contributed by atoms with E-state index in [2.05, 4.69) is 5.32 Å². The van der Waals surface area contributed by atoms with Crippen LogP contribution in [0.25, 0.3) is 0 Å². The Morgan fingerprint density at radius 2 is 1.69 bits per heavy atom. The number of fused-ring (bicyclic) bond motifs is 1. The molecule has 1 aliphatic rings. The van der Waals surface area contributed by atoms with Crippen LogP contribution in [0.2, 0.25) is 0 Å². The Balaban J connectivity index is 1.71. The molecule has 138 valence electrons.